The molecule has 3 fully saturated rings. The Hall–Kier alpha value is -2.15. The van der Waals surface area contributed by atoms with Gasteiger partial charge in [-0.05, 0) is 94.0 Å². The largest absolute Gasteiger partial charge is 0.382 e. The SMILES string of the molecule is CCOC1CCC([C@H](c2ccc(Cl)c(F)c2)[C@@](N)(C=O)CNc2cccc(F)c2CC[C@H]2CN[C@@H]3CCCS(=O)(=O)N2C3)CC1. The minimum Gasteiger partial charge on any atom is -0.382 e. The van der Waals surface area contributed by atoms with Gasteiger partial charge in [0.05, 0.1) is 22.4 Å². The number of fused-ring (bicyclic) bond motifs is 2. The molecule has 1 saturated carbocycles. The fourth-order valence-corrected chi connectivity index (χ4v) is 9.48. The van der Waals surface area contributed by atoms with Gasteiger partial charge in [-0.2, -0.15) is 4.31 Å². The topological polar surface area (TPSA) is 114 Å². The summed E-state index contributed by atoms with van der Waals surface area (Å²) in [4.78, 5) is 12.8. The molecule has 2 saturated heterocycles. The van der Waals surface area contributed by atoms with Crippen LogP contribution in [-0.2, 0) is 26.0 Å². The van der Waals surface area contributed by atoms with Gasteiger partial charge in [0.2, 0.25) is 10.0 Å². The first-order chi connectivity index (χ1) is 21.5. The number of halogens is 3. The normalized spacial score (nSPS) is 28.4. The van der Waals surface area contributed by atoms with Crippen LogP contribution < -0.4 is 16.4 Å². The predicted molar refractivity (Wildman–Crippen MR) is 173 cm³/mol. The van der Waals surface area contributed by atoms with Gasteiger partial charge in [-0.15, -0.1) is 0 Å². The Balaban J connectivity index is 1.36. The van der Waals surface area contributed by atoms with Gasteiger partial charge in [-0.1, -0.05) is 23.7 Å². The fourth-order valence-electron chi connectivity index (χ4n) is 7.56. The third kappa shape index (κ3) is 7.88. The Morgan fingerprint density at radius 1 is 1.18 bits per heavy atom. The maximum atomic E-state index is 15.3. The molecule has 0 aromatic heterocycles. The molecule has 1 unspecified atom stereocenters. The quantitative estimate of drug-likeness (QED) is 0.273. The van der Waals surface area contributed by atoms with Gasteiger partial charge < -0.3 is 25.9 Å². The van der Waals surface area contributed by atoms with E-state index in [9.17, 15) is 17.6 Å². The van der Waals surface area contributed by atoms with Crippen LogP contribution in [0.4, 0.5) is 14.5 Å². The lowest BCUT2D eigenvalue weighted by molar-refractivity contribution is -0.113. The van der Waals surface area contributed by atoms with Gasteiger partial charge in [-0.3, -0.25) is 0 Å². The first-order valence-electron chi connectivity index (χ1n) is 16.1. The van der Waals surface area contributed by atoms with Gasteiger partial charge >= 0.3 is 0 Å². The van der Waals surface area contributed by atoms with E-state index in [-0.39, 0.29) is 41.4 Å². The van der Waals surface area contributed by atoms with Gasteiger partial charge in [0, 0.05) is 55.5 Å². The van der Waals surface area contributed by atoms with E-state index in [1.165, 1.54) is 18.2 Å². The van der Waals surface area contributed by atoms with Crippen LogP contribution in [0.2, 0.25) is 5.02 Å². The number of hydrogen-bond acceptors (Lipinski definition) is 7. The van der Waals surface area contributed by atoms with E-state index in [0.29, 0.717) is 55.8 Å². The number of benzene rings is 2. The van der Waals surface area contributed by atoms with E-state index >= 15 is 4.39 Å². The Morgan fingerprint density at radius 2 is 1.96 bits per heavy atom. The summed E-state index contributed by atoms with van der Waals surface area (Å²) in [5.41, 5.74) is 6.97. The second-order valence-electron chi connectivity index (χ2n) is 12.8. The Labute approximate surface area is 270 Å². The van der Waals surface area contributed by atoms with E-state index in [0.717, 1.165) is 38.4 Å². The average molecular weight is 667 g/mol. The molecule has 0 amide bonds. The minimum absolute atomic E-state index is 0.00883. The van der Waals surface area contributed by atoms with Crippen LogP contribution in [0.25, 0.3) is 0 Å². The average Bonchev–Trinajstić information content (AvgIpc) is 3.14. The molecule has 45 heavy (non-hydrogen) atoms. The lowest BCUT2D eigenvalue weighted by atomic mass is 9.67. The van der Waals surface area contributed by atoms with Crippen molar-refractivity contribution in [3.8, 4) is 0 Å². The maximum absolute atomic E-state index is 15.3. The zero-order chi connectivity index (χ0) is 32.2. The number of nitrogens with one attached hydrogen (secondary N) is 2. The zero-order valence-electron chi connectivity index (χ0n) is 25.8. The van der Waals surface area contributed by atoms with Crippen molar-refractivity contribution in [3.05, 3.63) is 64.2 Å². The van der Waals surface area contributed by atoms with Gasteiger partial charge in [-0.25, -0.2) is 17.2 Å². The van der Waals surface area contributed by atoms with Crippen molar-refractivity contribution in [1.29, 1.82) is 0 Å². The summed E-state index contributed by atoms with van der Waals surface area (Å²) in [5.74, 6) is -1.40. The molecule has 2 aliphatic heterocycles. The fraction of sp³-hybridized carbons (Fsp3) is 0.606. The lowest BCUT2D eigenvalue weighted by Gasteiger charge is -2.42. The number of carbonyl (C=O) groups excluding carboxylic acids is 1. The van der Waals surface area contributed by atoms with Crippen molar-refractivity contribution in [2.24, 2.45) is 11.7 Å². The molecule has 1 aliphatic carbocycles. The van der Waals surface area contributed by atoms with E-state index in [1.807, 2.05) is 6.92 Å². The highest BCUT2D eigenvalue weighted by molar-refractivity contribution is 7.89. The summed E-state index contributed by atoms with van der Waals surface area (Å²) in [5, 5.41) is 6.71. The summed E-state index contributed by atoms with van der Waals surface area (Å²) < 4.78 is 63.3. The van der Waals surface area contributed by atoms with Crippen molar-refractivity contribution in [3.63, 3.8) is 0 Å². The number of carbonyl (C=O) groups is 1. The van der Waals surface area contributed by atoms with Crippen molar-refractivity contribution in [2.75, 3.05) is 37.3 Å². The molecule has 5 atom stereocenters. The van der Waals surface area contributed by atoms with Crippen molar-refractivity contribution >= 4 is 33.6 Å². The van der Waals surface area contributed by atoms with Gasteiger partial charge in [0.15, 0.2) is 0 Å². The van der Waals surface area contributed by atoms with Crippen LogP contribution in [0.3, 0.4) is 0 Å². The van der Waals surface area contributed by atoms with Crippen LogP contribution in [0, 0.1) is 17.6 Å². The van der Waals surface area contributed by atoms with E-state index in [1.54, 1.807) is 22.5 Å². The van der Waals surface area contributed by atoms with E-state index in [4.69, 9.17) is 22.1 Å². The number of hydrogen-bond donors (Lipinski definition) is 3. The molecule has 0 spiro atoms. The van der Waals surface area contributed by atoms with Crippen molar-refractivity contribution in [1.82, 2.24) is 9.62 Å². The smallest absolute Gasteiger partial charge is 0.214 e. The molecule has 2 aromatic rings. The molecule has 2 heterocycles. The van der Waals surface area contributed by atoms with Crippen LogP contribution in [0.5, 0.6) is 0 Å². The number of sulfonamides is 1. The van der Waals surface area contributed by atoms with E-state index in [2.05, 4.69) is 10.6 Å². The second-order valence-corrected chi connectivity index (χ2v) is 15.3. The van der Waals surface area contributed by atoms with Crippen LogP contribution in [0.1, 0.15) is 68.9 Å². The number of piperazine rings is 1. The number of nitrogens with two attached hydrogens (primary N) is 1. The summed E-state index contributed by atoms with van der Waals surface area (Å²) in [7, 11) is -3.37. The Bertz CT molecular complexity index is 1440. The second kappa shape index (κ2) is 14.7. The highest BCUT2D eigenvalue weighted by Crippen LogP contribution is 2.43. The number of rotatable bonds is 12. The number of aldehydes is 1. The molecule has 0 radical (unpaired) electrons. The standard InChI is InChI=1S/C33H45ClF2N4O4S/c1-2-44-26-12-8-22(9-13-26)32(23-10-15-28(34)30(36)17-23)33(37,21-41)20-39-31-7-3-6-29(35)27(31)14-11-25-18-38-24-5-4-16-45(42,43)40(25)19-24/h3,6-7,10,15,17,21-22,24-26,32,38-39H,2,4-5,8-9,11-14,16,18-20,37H2,1H3/t22?,24-,25+,26?,32-,33+/m1/s1. The summed E-state index contributed by atoms with van der Waals surface area (Å²) in [6, 6.07) is 9.14. The number of anilines is 1. The van der Waals surface area contributed by atoms with Crippen LogP contribution in [-0.4, -0.2) is 74.7 Å². The molecular formula is C33H45ClF2N4O4S. The molecular weight excluding hydrogens is 622 g/mol. The first kappa shape index (κ1) is 34.2. The molecule has 2 bridgehead atoms. The molecule has 2 aromatic carbocycles. The molecule has 248 valence electrons. The third-order valence-electron chi connectivity index (χ3n) is 9.89. The van der Waals surface area contributed by atoms with Crippen LogP contribution in [0.15, 0.2) is 36.4 Å². The van der Waals surface area contributed by atoms with Crippen molar-refractivity contribution in [2.45, 2.75) is 87.9 Å². The summed E-state index contributed by atoms with van der Waals surface area (Å²) in [6.07, 6.45) is 6.17. The molecule has 4 N–H and O–H groups in total. The van der Waals surface area contributed by atoms with Crippen LogP contribution >= 0.6 is 11.6 Å². The summed E-state index contributed by atoms with van der Waals surface area (Å²) in [6.45, 7) is 3.53. The van der Waals surface area contributed by atoms with E-state index < -0.39 is 33.1 Å². The Morgan fingerprint density at radius 3 is 2.67 bits per heavy atom. The number of ether oxygens (including phenoxy) is 1. The highest BCUT2D eigenvalue weighted by Gasteiger charge is 2.43. The lowest BCUT2D eigenvalue weighted by Crippen LogP contribution is -2.57. The maximum Gasteiger partial charge on any atom is 0.214 e. The Kier molecular flexibility index (Phi) is 11.2. The minimum atomic E-state index is -3.37. The first-order valence-corrected chi connectivity index (χ1v) is 18.1. The monoisotopic (exact) mass is 666 g/mol. The summed E-state index contributed by atoms with van der Waals surface area (Å²) >= 11 is 6.00. The van der Waals surface area contributed by atoms with Crippen molar-refractivity contribution < 1.29 is 26.7 Å². The van der Waals surface area contributed by atoms with Gasteiger partial charge in [0.1, 0.15) is 17.9 Å². The molecule has 12 heteroatoms. The molecule has 5 rings (SSSR count). The molecule has 8 nitrogen and oxygen atoms in total. The third-order valence-corrected chi connectivity index (χ3v) is 12.2. The van der Waals surface area contributed by atoms with Gasteiger partial charge in [0.25, 0.3) is 0 Å². The highest BCUT2D eigenvalue weighted by atomic mass is 35.5. The zero-order valence-corrected chi connectivity index (χ0v) is 27.4. The molecule has 3 aliphatic rings. The number of nitrogens with zero attached hydrogens (tertiary/aromatic N) is 1. The predicted octanol–water partition coefficient (Wildman–Crippen LogP) is 5.00.